The van der Waals surface area contributed by atoms with Crippen molar-refractivity contribution in [3.05, 3.63) is 60.2 Å². The maximum Gasteiger partial charge on any atom is 0 e. The second kappa shape index (κ2) is 7.26. The van der Waals surface area contributed by atoms with Gasteiger partial charge in [-0.25, -0.2) is 12.1 Å². The van der Waals surface area contributed by atoms with Gasteiger partial charge in [-0.1, -0.05) is 19.3 Å². The average Bonchev–Trinajstić information content (AvgIpc) is 2.92. The van der Waals surface area contributed by atoms with Gasteiger partial charge in [-0.2, -0.15) is 18.2 Å². The summed E-state index contributed by atoms with van der Waals surface area (Å²) in [5.74, 6) is 0.693. The van der Waals surface area contributed by atoms with Gasteiger partial charge in [0.15, 0.2) is 0 Å². The largest absolute Gasteiger partial charge is 0.718 e. The number of hydrogen-bond acceptors (Lipinski definition) is 1. The van der Waals surface area contributed by atoms with Gasteiger partial charge in [-0.15, -0.1) is 5.92 Å². The normalized spacial score (nSPS) is 13.9. The summed E-state index contributed by atoms with van der Waals surface area (Å²) in [6.45, 7) is 0. The van der Waals surface area contributed by atoms with Crippen LogP contribution in [0.1, 0.15) is 29.6 Å². The van der Waals surface area contributed by atoms with E-state index in [1.54, 1.807) is 0 Å². The van der Waals surface area contributed by atoms with Crippen LogP contribution in [0.4, 0.5) is 0 Å². The fraction of sp³-hybridized carbons (Fsp3) is 0.267. The molecule has 2 aromatic carbocycles. The van der Waals surface area contributed by atoms with Gasteiger partial charge >= 0.3 is 0 Å². The second-order valence-corrected chi connectivity index (χ2v) is 4.13. The Labute approximate surface area is 113 Å². The molecule has 0 atom stereocenters. The third kappa shape index (κ3) is 3.99. The molecule has 1 fully saturated rings. The van der Waals surface area contributed by atoms with E-state index in [1.165, 1.54) is 6.42 Å². The van der Waals surface area contributed by atoms with Crippen molar-refractivity contribution >= 4 is 5.78 Å². The van der Waals surface area contributed by atoms with Crippen molar-refractivity contribution in [3.63, 3.8) is 0 Å². The van der Waals surface area contributed by atoms with E-state index in [0.29, 0.717) is 11.7 Å². The molecule has 0 heterocycles. The molecule has 0 spiro atoms. The predicted octanol–water partition coefficient (Wildman–Crippen LogP) is 3.79. The van der Waals surface area contributed by atoms with E-state index >= 15 is 0 Å². The molecule has 1 nitrogen and oxygen atoms in total. The molecule has 1 saturated carbocycles. The first-order chi connectivity index (χ1) is 7.88. The molecular weight excluding hydrogens is 252 g/mol. The summed E-state index contributed by atoms with van der Waals surface area (Å²) in [7, 11) is 0. The van der Waals surface area contributed by atoms with Gasteiger partial charge in [-0.3, -0.25) is 5.78 Å². The average molecular weight is 268 g/mol. The van der Waals surface area contributed by atoms with Gasteiger partial charge in [0.1, 0.15) is 0 Å². The van der Waals surface area contributed by atoms with E-state index in [-0.39, 0.29) is 17.1 Å². The number of carbonyl (C=O) groups excluding carboxylic acids is 1. The van der Waals surface area contributed by atoms with Crippen molar-refractivity contribution < 1.29 is 21.9 Å². The van der Waals surface area contributed by atoms with Crippen molar-refractivity contribution in [3.8, 4) is 0 Å². The molecule has 0 N–H and O–H groups in total. The molecule has 0 unspecified atom stereocenters. The van der Waals surface area contributed by atoms with E-state index in [1.807, 2.05) is 54.6 Å². The third-order valence-corrected chi connectivity index (χ3v) is 2.98. The molecule has 0 amide bonds. The molecule has 2 heteroatoms. The van der Waals surface area contributed by atoms with Crippen LogP contribution >= 0.6 is 0 Å². The van der Waals surface area contributed by atoms with Gasteiger partial charge in [0.2, 0.25) is 0 Å². The maximum absolute atomic E-state index is 11.5. The number of hydrogen-bond donors (Lipinski definition) is 0. The Hall–Kier alpha value is -1.11. The van der Waals surface area contributed by atoms with Crippen molar-refractivity contribution in [1.82, 2.24) is 0 Å². The predicted molar refractivity (Wildman–Crippen MR) is 65.7 cm³/mol. The minimum absolute atomic E-state index is 0. The summed E-state index contributed by atoms with van der Waals surface area (Å²) in [6.07, 6.45) is 3.44. The minimum Gasteiger partial charge on any atom is -0.718 e. The van der Waals surface area contributed by atoms with Crippen LogP contribution in [0.5, 0.6) is 0 Å². The Balaban J connectivity index is 0.000000205. The van der Waals surface area contributed by atoms with E-state index in [0.717, 1.165) is 18.4 Å². The third-order valence-electron chi connectivity index (χ3n) is 2.98. The number of carbonyl (C=O) groups is 1. The first kappa shape index (κ1) is 14.0. The van der Waals surface area contributed by atoms with E-state index in [4.69, 9.17) is 0 Å². The van der Waals surface area contributed by atoms with Crippen LogP contribution in [0.15, 0.2) is 54.6 Å². The van der Waals surface area contributed by atoms with Crippen molar-refractivity contribution in [2.75, 3.05) is 0 Å². The molecule has 0 radical (unpaired) electrons. The second-order valence-electron chi connectivity index (χ2n) is 4.13. The van der Waals surface area contributed by atoms with Crippen LogP contribution < -0.4 is 0 Å². The summed E-state index contributed by atoms with van der Waals surface area (Å²) in [6, 6.07) is 17.7. The summed E-state index contributed by atoms with van der Waals surface area (Å²) < 4.78 is 0. The molecular formula is C15H16FeO-6. The maximum atomic E-state index is 11.5. The summed E-state index contributed by atoms with van der Waals surface area (Å²) in [4.78, 5) is 11.5. The molecule has 1 aliphatic carbocycles. The first-order valence-corrected chi connectivity index (χ1v) is 5.80. The van der Waals surface area contributed by atoms with E-state index in [2.05, 4.69) is 0 Å². The van der Waals surface area contributed by atoms with Gasteiger partial charge in [0, 0.05) is 17.1 Å². The summed E-state index contributed by atoms with van der Waals surface area (Å²) in [5, 5.41) is 0. The zero-order chi connectivity index (χ0) is 11.2. The smallest absolute Gasteiger partial charge is 0 e. The molecule has 1 aliphatic rings. The topological polar surface area (TPSA) is 17.1 Å². The molecule has 0 bridgehead atoms. The van der Waals surface area contributed by atoms with Crippen LogP contribution in [-0.2, 0) is 17.1 Å². The number of ketones is 1. The van der Waals surface area contributed by atoms with E-state index in [9.17, 15) is 4.79 Å². The monoisotopic (exact) mass is 268 g/mol. The first-order valence-electron chi connectivity index (χ1n) is 5.80. The standard InChI is InChI=1S/C10H11O.C5H5.Fe/c11-10(9-6-3-7-9)8-4-1-2-5-8;1-2-4-5-3-1;/h1-2,4-5,9H,3,6-7H2;1-5H;/q-5;-1;. The Bertz CT molecular complexity index is 379. The van der Waals surface area contributed by atoms with Crippen LogP contribution in [0.3, 0.4) is 0 Å². The molecule has 3 rings (SSSR count). The van der Waals surface area contributed by atoms with Crippen molar-refractivity contribution in [2.45, 2.75) is 19.3 Å². The SMILES string of the molecule is O=C([c-]1[cH-][cH-][cH-][cH-]1)C1CCC1.[Fe].c1cc[cH-]c1. The fourth-order valence-corrected chi connectivity index (χ4v) is 1.77. The van der Waals surface area contributed by atoms with E-state index < -0.39 is 0 Å². The summed E-state index contributed by atoms with van der Waals surface area (Å²) in [5.41, 5.74) is 0.898. The summed E-state index contributed by atoms with van der Waals surface area (Å²) >= 11 is 0. The quantitative estimate of drug-likeness (QED) is 0.460. The minimum atomic E-state index is 0. The number of Topliss-reactive ketones (excluding diaryl/α,β-unsaturated/α-hetero) is 1. The molecule has 0 saturated heterocycles. The molecule has 0 aliphatic heterocycles. The Morgan fingerprint density at radius 3 is 2.06 bits per heavy atom. The zero-order valence-corrected chi connectivity index (χ0v) is 10.8. The fourth-order valence-electron chi connectivity index (χ4n) is 1.77. The van der Waals surface area contributed by atoms with Crippen LogP contribution in [0.25, 0.3) is 0 Å². The van der Waals surface area contributed by atoms with Crippen LogP contribution in [0, 0.1) is 5.92 Å². The van der Waals surface area contributed by atoms with Crippen LogP contribution in [0.2, 0.25) is 0 Å². The molecule has 0 aromatic heterocycles. The van der Waals surface area contributed by atoms with Crippen molar-refractivity contribution in [1.29, 1.82) is 0 Å². The van der Waals surface area contributed by atoms with Crippen LogP contribution in [-0.4, -0.2) is 5.78 Å². The molecule has 96 valence electrons. The molecule has 2 aromatic rings. The number of rotatable bonds is 2. The Morgan fingerprint density at radius 1 is 1.12 bits per heavy atom. The van der Waals surface area contributed by atoms with Gasteiger partial charge in [0.25, 0.3) is 0 Å². The Kier molecular flexibility index (Phi) is 5.96. The zero-order valence-electron chi connectivity index (χ0n) is 9.66. The Morgan fingerprint density at radius 2 is 1.71 bits per heavy atom. The van der Waals surface area contributed by atoms with Gasteiger partial charge in [0.05, 0.1) is 0 Å². The van der Waals surface area contributed by atoms with Crippen molar-refractivity contribution in [2.24, 2.45) is 5.92 Å². The van der Waals surface area contributed by atoms with Gasteiger partial charge < -0.3 is 34.6 Å². The van der Waals surface area contributed by atoms with Gasteiger partial charge in [-0.05, 0) is 0 Å². The molecule has 17 heavy (non-hydrogen) atoms.